The number of halogens is 1. The van der Waals surface area contributed by atoms with Crippen LogP contribution < -0.4 is 5.32 Å². The quantitative estimate of drug-likeness (QED) is 0.874. The monoisotopic (exact) mass is 234 g/mol. The molecule has 3 nitrogen and oxygen atoms in total. The van der Waals surface area contributed by atoms with Crippen molar-refractivity contribution in [3.8, 4) is 6.07 Å². The summed E-state index contributed by atoms with van der Waals surface area (Å²) in [4.78, 5) is 0. The number of anilines is 1. The van der Waals surface area contributed by atoms with E-state index in [1.54, 1.807) is 6.07 Å². The van der Waals surface area contributed by atoms with Crippen LogP contribution in [-0.2, 0) is 4.74 Å². The van der Waals surface area contributed by atoms with Gasteiger partial charge in [-0.25, -0.2) is 4.39 Å². The van der Waals surface area contributed by atoms with Crippen LogP contribution in [0.15, 0.2) is 18.2 Å². The highest BCUT2D eigenvalue weighted by molar-refractivity contribution is 5.57. The molecule has 17 heavy (non-hydrogen) atoms. The van der Waals surface area contributed by atoms with Gasteiger partial charge in [-0.15, -0.1) is 0 Å². The normalized spacial score (nSPS) is 20.9. The van der Waals surface area contributed by atoms with E-state index in [1.165, 1.54) is 12.1 Å². The van der Waals surface area contributed by atoms with Gasteiger partial charge in [-0.05, 0) is 31.5 Å². The fraction of sp³-hybridized carbons (Fsp3) is 0.462. The van der Waals surface area contributed by atoms with Gasteiger partial charge in [-0.3, -0.25) is 0 Å². The van der Waals surface area contributed by atoms with Crippen LogP contribution in [0.1, 0.15) is 18.9 Å². The first-order chi connectivity index (χ1) is 8.20. The molecule has 1 saturated heterocycles. The molecule has 0 amide bonds. The zero-order valence-corrected chi connectivity index (χ0v) is 9.74. The summed E-state index contributed by atoms with van der Waals surface area (Å²) in [7, 11) is 0. The number of nitriles is 1. The molecule has 0 aromatic heterocycles. The zero-order valence-electron chi connectivity index (χ0n) is 9.74. The molecular weight excluding hydrogens is 219 g/mol. The lowest BCUT2D eigenvalue weighted by atomic mass is 10.00. The molecule has 0 radical (unpaired) electrons. The third-order valence-corrected chi connectivity index (χ3v) is 3.16. The first-order valence-corrected chi connectivity index (χ1v) is 5.74. The molecule has 0 bridgehead atoms. The molecule has 90 valence electrons. The van der Waals surface area contributed by atoms with Gasteiger partial charge in [0.15, 0.2) is 0 Å². The topological polar surface area (TPSA) is 45.0 Å². The maximum absolute atomic E-state index is 13.0. The van der Waals surface area contributed by atoms with Crippen molar-refractivity contribution >= 4 is 5.69 Å². The number of ether oxygens (including phenoxy) is 1. The molecular formula is C13H15FN2O. The van der Waals surface area contributed by atoms with Gasteiger partial charge < -0.3 is 10.1 Å². The van der Waals surface area contributed by atoms with Gasteiger partial charge in [0.2, 0.25) is 0 Å². The van der Waals surface area contributed by atoms with Gasteiger partial charge in [0.1, 0.15) is 11.9 Å². The summed E-state index contributed by atoms with van der Waals surface area (Å²) < 4.78 is 18.3. The first kappa shape index (κ1) is 11.9. The predicted molar refractivity (Wildman–Crippen MR) is 63.1 cm³/mol. The fourth-order valence-electron chi connectivity index (χ4n) is 2.05. The van der Waals surface area contributed by atoms with Crippen LogP contribution in [-0.4, -0.2) is 19.3 Å². The average Bonchev–Trinajstić information content (AvgIpc) is 2.85. The largest absolute Gasteiger partial charge is 0.381 e. The molecule has 1 N–H and O–H groups in total. The molecule has 1 fully saturated rings. The summed E-state index contributed by atoms with van der Waals surface area (Å²) in [6, 6.07) is 6.44. The smallest absolute Gasteiger partial charge is 0.124 e. The Morgan fingerprint density at radius 3 is 3.06 bits per heavy atom. The predicted octanol–water partition coefficient (Wildman–Crippen LogP) is 2.53. The van der Waals surface area contributed by atoms with Crippen LogP contribution >= 0.6 is 0 Å². The van der Waals surface area contributed by atoms with Gasteiger partial charge >= 0.3 is 0 Å². The lowest BCUT2D eigenvalue weighted by Crippen LogP contribution is -2.26. The minimum Gasteiger partial charge on any atom is -0.381 e. The van der Waals surface area contributed by atoms with Gasteiger partial charge in [-0.1, -0.05) is 0 Å². The SMILES string of the molecule is CC(Nc1ccc(F)cc1C#N)C1CCOC1. The van der Waals surface area contributed by atoms with E-state index in [1.807, 2.05) is 6.07 Å². The molecule has 1 aromatic rings. The maximum Gasteiger partial charge on any atom is 0.124 e. The van der Waals surface area contributed by atoms with E-state index >= 15 is 0 Å². The average molecular weight is 234 g/mol. The van der Waals surface area contributed by atoms with E-state index in [9.17, 15) is 4.39 Å². The minimum atomic E-state index is -0.385. The van der Waals surface area contributed by atoms with E-state index in [2.05, 4.69) is 12.2 Å². The first-order valence-electron chi connectivity index (χ1n) is 5.74. The van der Waals surface area contributed by atoms with Crippen molar-refractivity contribution in [3.63, 3.8) is 0 Å². The van der Waals surface area contributed by atoms with Crippen LogP contribution in [0.4, 0.5) is 10.1 Å². The second-order valence-corrected chi connectivity index (χ2v) is 4.36. The van der Waals surface area contributed by atoms with Crippen molar-refractivity contribution in [1.82, 2.24) is 0 Å². The molecule has 0 spiro atoms. The Kier molecular flexibility index (Phi) is 3.60. The summed E-state index contributed by atoms with van der Waals surface area (Å²) >= 11 is 0. The Morgan fingerprint density at radius 1 is 1.59 bits per heavy atom. The molecule has 2 rings (SSSR count). The van der Waals surface area contributed by atoms with Crippen LogP contribution in [0.2, 0.25) is 0 Å². The minimum absolute atomic E-state index is 0.218. The fourth-order valence-corrected chi connectivity index (χ4v) is 2.05. The molecule has 0 aliphatic carbocycles. The second kappa shape index (κ2) is 5.15. The van der Waals surface area contributed by atoms with Crippen LogP contribution in [0.5, 0.6) is 0 Å². The van der Waals surface area contributed by atoms with E-state index < -0.39 is 0 Å². The van der Waals surface area contributed by atoms with Crippen molar-refractivity contribution in [2.24, 2.45) is 5.92 Å². The van der Waals surface area contributed by atoms with Gasteiger partial charge in [0.05, 0.1) is 17.9 Å². The Bertz CT molecular complexity index is 436. The highest BCUT2D eigenvalue weighted by Crippen LogP contribution is 2.22. The third-order valence-electron chi connectivity index (χ3n) is 3.16. The number of nitrogens with zero attached hydrogens (tertiary/aromatic N) is 1. The third kappa shape index (κ3) is 2.75. The van der Waals surface area contributed by atoms with E-state index in [0.717, 1.165) is 19.6 Å². The van der Waals surface area contributed by atoms with Crippen molar-refractivity contribution in [1.29, 1.82) is 5.26 Å². The lowest BCUT2D eigenvalue weighted by Gasteiger charge is -2.21. The Labute approximate surface area is 100 Å². The molecule has 1 aliphatic heterocycles. The van der Waals surface area contributed by atoms with Gasteiger partial charge in [0.25, 0.3) is 0 Å². The standard InChI is InChI=1S/C13H15FN2O/c1-9(10-4-5-17-8-10)16-13-3-2-12(14)6-11(13)7-15/h2-3,6,9-10,16H,4-5,8H2,1H3. The number of hydrogen-bond donors (Lipinski definition) is 1. The van der Waals surface area contributed by atoms with Crippen molar-refractivity contribution in [3.05, 3.63) is 29.6 Å². The van der Waals surface area contributed by atoms with E-state index in [4.69, 9.17) is 10.00 Å². The highest BCUT2D eigenvalue weighted by Gasteiger charge is 2.22. The molecule has 0 saturated carbocycles. The van der Waals surface area contributed by atoms with Crippen molar-refractivity contribution in [2.75, 3.05) is 18.5 Å². The second-order valence-electron chi connectivity index (χ2n) is 4.36. The molecule has 2 atom stereocenters. The van der Waals surface area contributed by atoms with E-state index in [-0.39, 0.29) is 11.9 Å². The molecule has 2 unspecified atom stereocenters. The highest BCUT2D eigenvalue weighted by atomic mass is 19.1. The summed E-state index contributed by atoms with van der Waals surface area (Å²) in [5, 5.41) is 12.2. The summed E-state index contributed by atoms with van der Waals surface area (Å²) in [5.41, 5.74) is 1.03. The van der Waals surface area contributed by atoms with Crippen LogP contribution in [0, 0.1) is 23.1 Å². The zero-order chi connectivity index (χ0) is 12.3. The maximum atomic E-state index is 13.0. The molecule has 1 aromatic carbocycles. The van der Waals surface area contributed by atoms with Crippen molar-refractivity contribution in [2.45, 2.75) is 19.4 Å². The summed E-state index contributed by atoms with van der Waals surface area (Å²) in [6.07, 6.45) is 1.03. The van der Waals surface area contributed by atoms with Crippen LogP contribution in [0.3, 0.4) is 0 Å². The molecule has 1 aliphatic rings. The molecule has 4 heteroatoms. The lowest BCUT2D eigenvalue weighted by molar-refractivity contribution is 0.183. The van der Waals surface area contributed by atoms with Gasteiger partial charge in [-0.2, -0.15) is 5.26 Å². The Morgan fingerprint density at radius 2 is 2.41 bits per heavy atom. The number of rotatable bonds is 3. The van der Waals surface area contributed by atoms with E-state index in [0.29, 0.717) is 17.2 Å². The number of hydrogen-bond acceptors (Lipinski definition) is 3. The Hall–Kier alpha value is -1.60. The Balaban J connectivity index is 2.10. The van der Waals surface area contributed by atoms with Gasteiger partial charge in [0, 0.05) is 18.6 Å². The number of nitrogens with one attached hydrogen (secondary N) is 1. The summed E-state index contributed by atoms with van der Waals surface area (Å²) in [5.74, 6) is 0.0653. The van der Waals surface area contributed by atoms with Crippen LogP contribution in [0.25, 0.3) is 0 Å². The van der Waals surface area contributed by atoms with Crippen molar-refractivity contribution < 1.29 is 9.13 Å². The molecule has 1 heterocycles. The summed E-state index contributed by atoms with van der Waals surface area (Å²) in [6.45, 7) is 3.60. The number of benzene rings is 1.